The maximum atomic E-state index is 12.8. The number of anilines is 1. The van der Waals surface area contributed by atoms with Crippen molar-refractivity contribution in [3.63, 3.8) is 0 Å². The Morgan fingerprint density at radius 2 is 2.19 bits per heavy atom. The van der Waals surface area contributed by atoms with Gasteiger partial charge in [-0.2, -0.15) is 11.8 Å². The molecule has 1 fully saturated rings. The van der Waals surface area contributed by atoms with Gasteiger partial charge in [0.1, 0.15) is 0 Å². The fraction of sp³-hybridized carbons (Fsp3) is 0.588. The first-order chi connectivity index (χ1) is 10.0. The number of benzene rings is 1. The normalized spacial score (nSPS) is 22.2. The van der Waals surface area contributed by atoms with Crippen LogP contribution in [0.4, 0.5) is 5.69 Å². The average molecular weight is 306 g/mol. The lowest BCUT2D eigenvalue weighted by Crippen LogP contribution is -2.48. The number of nitrogens with zero attached hydrogens (tertiary/aromatic N) is 1. The summed E-state index contributed by atoms with van der Waals surface area (Å²) >= 11 is 1.95. The fourth-order valence-corrected chi connectivity index (χ4v) is 3.76. The van der Waals surface area contributed by atoms with Gasteiger partial charge in [0.25, 0.3) is 5.91 Å². The Morgan fingerprint density at radius 1 is 1.43 bits per heavy atom. The van der Waals surface area contributed by atoms with Crippen molar-refractivity contribution in [2.45, 2.75) is 45.4 Å². The molecule has 1 heterocycles. The summed E-state index contributed by atoms with van der Waals surface area (Å²) in [6, 6.07) is 6.36. The fourth-order valence-electron chi connectivity index (χ4n) is 2.66. The summed E-state index contributed by atoms with van der Waals surface area (Å²) < 4.78 is 0. The smallest absolute Gasteiger partial charge is 0.254 e. The maximum Gasteiger partial charge on any atom is 0.254 e. The third-order valence-corrected chi connectivity index (χ3v) is 5.52. The third kappa shape index (κ3) is 3.73. The topological polar surface area (TPSA) is 32.3 Å². The van der Waals surface area contributed by atoms with Crippen LogP contribution in [0.2, 0.25) is 0 Å². The van der Waals surface area contributed by atoms with Crippen LogP contribution in [-0.2, 0) is 0 Å². The van der Waals surface area contributed by atoms with Gasteiger partial charge in [-0.25, -0.2) is 0 Å². The molecule has 0 saturated carbocycles. The lowest BCUT2D eigenvalue weighted by molar-refractivity contribution is 0.0697. The predicted octanol–water partition coefficient (Wildman–Crippen LogP) is 3.78. The zero-order chi connectivity index (χ0) is 15.4. The van der Waals surface area contributed by atoms with Crippen molar-refractivity contribution in [3.8, 4) is 0 Å². The van der Waals surface area contributed by atoms with Gasteiger partial charge in [0.15, 0.2) is 0 Å². The van der Waals surface area contributed by atoms with Crippen molar-refractivity contribution in [1.29, 1.82) is 0 Å². The summed E-state index contributed by atoms with van der Waals surface area (Å²) in [5, 5.41) is 3.88. The Balaban J connectivity index is 2.15. The second kappa shape index (κ2) is 7.21. The molecule has 0 spiro atoms. The number of aryl methyl sites for hydroxylation is 1. The van der Waals surface area contributed by atoms with E-state index >= 15 is 0 Å². The molecule has 1 aliphatic heterocycles. The number of carbonyl (C=O) groups is 1. The lowest BCUT2D eigenvalue weighted by atomic mass is 10.0. The second-order valence-corrected chi connectivity index (χ2v) is 7.26. The number of amides is 1. The molecule has 4 heteroatoms. The van der Waals surface area contributed by atoms with Crippen molar-refractivity contribution in [1.82, 2.24) is 4.90 Å². The Bertz CT molecular complexity index is 504. The van der Waals surface area contributed by atoms with Gasteiger partial charge < -0.3 is 10.2 Å². The molecule has 1 aliphatic rings. The van der Waals surface area contributed by atoms with Crippen LogP contribution in [0.15, 0.2) is 18.2 Å². The molecular weight excluding hydrogens is 280 g/mol. The number of carbonyl (C=O) groups excluding carboxylic acids is 1. The Hall–Kier alpha value is -1.16. The van der Waals surface area contributed by atoms with E-state index in [1.54, 1.807) is 0 Å². The molecule has 0 radical (unpaired) electrons. The van der Waals surface area contributed by atoms with Crippen LogP contribution >= 0.6 is 11.8 Å². The van der Waals surface area contributed by atoms with E-state index < -0.39 is 0 Å². The molecule has 116 valence electrons. The minimum Gasteiger partial charge on any atom is -0.385 e. The minimum absolute atomic E-state index is 0.175. The van der Waals surface area contributed by atoms with E-state index in [9.17, 15) is 4.79 Å². The molecule has 2 unspecified atom stereocenters. The van der Waals surface area contributed by atoms with Gasteiger partial charge in [-0.05, 0) is 44.0 Å². The van der Waals surface area contributed by atoms with E-state index in [0.717, 1.165) is 42.1 Å². The Labute approximate surface area is 132 Å². The van der Waals surface area contributed by atoms with Crippen molar-refractivity contribution in [3.05, 3.63) is 29.3 Å². The first-order valence-corrected chi connectivity index (χ1v) is 8.86. The standard InChI is InChI=1S/C17H26N2OS/c1-5-8-18-15-6-7-16(12(2)11-15)17(20)19-9-10-21-14(4)13(19)3/h6-7,11,13-14,18H,5,8-10H2,1-4H3. The molecule has 1 N–H and O–H groups in total. The van der Waals surface area contributed by atoms with Crippen LogP contribution in [0.3, 0.4) is 0 Å². The van der Waals surface area contributed by atoms with Gasteiger partial charge in [0.2, 0.25) is 0 Å². The molecule has 2 rings (SSSR count). The third-order valence-electron chi connectivity index (χ3n) is 4.18. The van der Waals surface area contributed by atoms with Crippen molar-refractivity contribution in [2.24, 2.45) is 0 Å². The number of hydrogen-bond donors (Lipinski definition) is 1. The van der Waals surface area contributed by atoms with E-state index in [4.69, 9.17) is 0 Å². The largest absolute Gasteiger partial charge is 0.385 e. The van der Waals surface area contributed by atoms with Crippen LogP contribution < -0.4 is 5.32 Å². The summed E-state index contributed by atoms with van der Waals surface area (Å²) in [5.74, 6) is 1.21. The quantitative estimate of drug-likeness (QED) is 0.918. The highest BCUT2D eigenvalue weighted by atomic mass is 32.2. The van der Waals surface area contributed by atoms with E-state index in [0.29, 0.717) is 11.3 Å². The second-order valence-electron chi connectivity index (χ2n) is 5.77. The Morgan fingerprint density at radius 3 is 2.86 bits per heavy atom. The highest BCUT2D eigenvalue weighted by Gasteiger charge is 2.29. The summed E-state index contributed by atoms with van der Waals surface area (Å²) in [5.41, 5.74) is 2.99. The zero-order valence-electron chi connectivity index (χ0n) is 13.5. The molecule has 3 nitrogen and oxygen atoms in total. The SMILES string of the molecule is CCCNc1ccc(C(=O)N2CCSC(C)C2C)c(C)c1. The monoisotopic (exact) mass is 306 g/mol. The molecule has 21 heavy (non-hydrogen) atoms. The molecule has 0 bridgehead atoms. The van der Waals surface area contributed by atoms with Crippen LogP contribution in [0, 0.1) is 6.92 Å². The van der Waals surface area contributed by atoms with Gasteiger partial charge in [-0.1, -0.05) is 13.8 Å². The van der Waals surface area contributed by atoms with E-state index in [-0.39, 0.29) is 5.91 Å². The number of hydrogen-bond acceptors (Lipinski definition) is 3. The Kier molecular flexibility index (Phi) is 5.57. The number of nitrogens with one attached hydrogen (secondary N) is 1. The molecule has 1 aromatic carbocycles. The lowest BCUT2D eigenvalue weighted by Gasteiger charge is -2.37. The molecule has 0 aliphatic carbocycles. The van der Waals surface area contributed by atoms with Crippen LogP contribution in [-0.4, -0.2) is 40.9 Å². The van der Waals surface area contributed by atoms with Gasteiger partial charge in [-0.15, -0.1) is 0 Å². The average Bonchev–Trinajstić information content (AvgIpc) is 2.47. The van der Waals surface area contributed by atoms with Crippen molar-refractivity contribution in [2.75, 3.05) is 24.2 Å². The molecule has 1 amide bonds. The number of rotatable bonds is 4. The van der Waals surface area contributed by atoms with Crippen LogP contribution in [0.1, 0.15) is 43.1 Å². The predicted molar refractivity (Wildman–Crippen MR) is 92.4 cm³/mol. The van der Waals surface area contributed by atoms with Gasteiger partial charge in [-0.3, -0.25) is 4.79 Å². The summed E-state index contributed by atoms with van der Waals surface area (Å²) in [6.45, 7) is 10.3. The zero-order valence-corrected chi connectivity index (χ0v) is 14.3. The highest BCUT2D eigenvalue weighted by Crippen LogP contribution is 2.26. The first kappa shape index (κ1) is 16.2. The minimum atomic E-state index is 0.175. The van der Waals surface area contributed by atoms with E-state index in [2.05, 4.69) is 32.2 Å². The molecule has 2 atom stereocenters. The highest BCUT2D eigenvalue weighted by molar-refractivity contribution is 8.00. The molecule has 0 aromatic heterocycles. The molecule has 1 saturated heterocycles. The summed E-state index contributed by atoms with van der Waals surface area (Å²) in [4.78, 5) is 14.8. The van der Waals surface area contributed by atoms with Gasteiger partial charge in [0.05, 0.1) is 0 Å². The first-order valence-electron chi connectivity index (χ1n) is 7.81. The molecular formula is C17H26N2OS. The summed E-state index contributed by atoms with van der Waals surface area (Å²) in [6.07, 6.45) is 1.10. The van der Waals surface area contributed by atoms with E-state index in [1.165, 1.54) is 0 Å². The van der Waals surface area contributed by atoms with Gasteiger partial charge >= 0.3 is 0 Å². The molecule has 1 aromatic rings. The number of thioether (sulfide) groups is 1. The maximum absolute atomic E-state index is 12.8. The summed E-state index contributed by atoms with van der Waals surface area (Å²) in [7, 11) is 0. The van der Waals surface area contributed by atoms with Crippen molar-refractivity contribution >= 4 is 23.4 Å². The van der Waals surface area contributed by atoms with E-state index in [1.807, 2.05) is 35.7 Å². The van der Waals surface area contributed by atoms with Crippen LogP contribution in [0.25, 0.3) is 0 Å². The van der Waals surface area contributed by atoms with Crippen molar-refractivity contribution < 1.29 is 4.79 Å². The van der Waals surface area contributed by atoms with Crippen LogP contribution in [0.5, 0.6) is 0 Å². The van der Waals surface area contributed by atoms with Gasteiger partial charge in [0, 0.05) is 41.4 Å².